The molecule has 214 valence electrons. The average Bonchev–Trinajstić information content (AvgIpc) is 3.84. The van der Waals surface area contributed by atoms with Crippen molar-refractivity contribution < 1.29 is 27.9 Å². The molecule has 0 saturated heterocycles. The van der Waals surface area contributed by atoms with Crippen LogP contribution in [0.2, 0.25) is 0 Å². The summed E-state index contributed by atoms with van der Waals surface area (Å²) in [7, 11) is 0. The summed E-state index contributed by atoms with van der Waals surface area (Å²) in [4.78, 5) is 27.0. The van der Waals surface area contributed by atoms with Gasteiger partial charge < -0.3 is 15.7 Å². The monoisotopic (exact) mass is 558 g/mol. The molecule has 5 rings (SSSR count). The van der Waals surface area contributed by atoms with Gasteiger partial charge in [-0.3, -0.25) is 19.4 Å². The highest BCUT2D eigenvalue weighted by Gasteiger charge is 2.48. The van der Waals surface area contributed by atoms with E-state index in [1.807, 2.05) is 38.1 Å². The Morgan fingerprint density at radius 3 is 2.30 bits per heavy atom. The molecule has 2 heterocycles. The van der Waals surface area contributed by atoms with Crippen molar-refractivity contribution in [2.24, 2.45) is 17.8 Å². The van der Waals surface area contributed by atoms with E-state index in [0.29, 0.717) is 17.5 Å². The van der Waals surface area contributed by atoms with Crippen LogP contribution in [0.25, 0.3) is 11.1 Å². The summed E-state index contributed by atoms with van der Waals surface area (Å²) in [6.07, 6.45) is -2.64. The number of H-pyrrole nitrogens is 1. The van der Waals surface area contributed by atoms with Gasteiger partial charge in [-0.05, 0) is 81.0 Å². The zero-order valence-electron chi connectivity index (χ0n) is 22.3. The van der Waals surface area contributed by atoms with Gasteiger partial charge in [-0.15, -0.1) is 0 Å². The van der Waals surface area contributed by atoms with E-state index in [9.17, 15) is 27.9 Å². The second kappa shape index (κ2) is 11.1. The van der Waals surface area contributed by atoms with Crippen LogP contribution in [-0.4, -0.2) is 55.2 Å². The standard InChI is InChI=1S/C28H33F3N6O3/c1-15-23(16(2)36-35-15)17-7-9-20(10-8-17)33-27(40)25(24(18-3-4-18)19-5-6-19)34-26(39)21-11-13-32-37(21)14-12-22(38)28(29,30)31/h7-11,13,18-19,22,24-25,38H,3-6,12,14H2,1-2H3,(H,33,40)(H,34,39)(H,35,36)/t22?,25-/m0/s1. The Labute approximate surface area is 229 Å². The van der Waals surface area contributed by atoms with Gasteiger partial charge in [-0.25, -0.2) is 0 Å². The molecule has 2 aromatic heterocycles. The Bertz CT molecular complexity index is 1330. The predicted octanol–water partition coefficient (Wildman–Crippen LogP) is 4.38. The number of aliphatic hydroxyl groups excluding tert-OH is 1. The van der Waals surface area contributed by atoms with Crippen molar-refractivity contribution in [3.63, 3.8) is 0 Å². The summed E-state index contributed by atoms with van der Waals surface area (Å²) in [5.41, 5.74) is 4.41. The first kappa shape index (κ1) is 27.9. The number of alkyl halides is 3. The molecule has 1 aromatic carbocycles. The van der Waals surface area contributed by atoms with Gasteiger partial charge in [0.15, 0.2) is 6.10 Å². The van der Waals surface area contributed by atoms with Gasteiger partial charge in [0.1, 0.15) is 11.7 Å². The van der Waals surface area contributed by atoms with Crippen LogP contribution in [0.5, 0.6) is 0 Å². The van der Waals surface area contributed by atoms with Crippen LogP contribution in [0, 0.1) is 31.6 Å². The highest BCUT2D eigenvalue weighted by atomic mass is 19.4. The van der Waals surface area contributed by atoms with E-state index in [1.165, 1.54) is 12.3 Å². The Kier molecular flexibility index (Phi) is 7.72. The van der Waals surface area contributed by atoms with Crippen molar-refractivity contribution in [3.05, 3.63) is 53.6 Å². The first-order valence-corrected chi connectivity index (χ1v) is 13.5. The minimum absolute atomic E-state index is 0.0251. The molecule has 4 N–H and O–H groups in total. The molecular weight excluding hydrogens is 525 g/mol. The van der Waals surface area contributed by atoms with Gasteiger partial charge in [0.2, 0.25) is 5.91 Å². The van der Waals surface area contributed by atoms with E-state index in [0.717, 1.165) is 52.9 Å². The number of hydrogen-bond donors (Lipinski definition) is 4. The molecule has 1 unspecified atom stereocenters. The lowest BCUT2D eigenvalue weighted by Crippen LogP contribution is -2.50. The number of hydrogen-bond acceptors (Lipinski definition) is 5. The molecule has 2 aliphatic carbocycles. The molecule has 12 heteroatoms. The number of nitrogens with one attached hydrogen (secondary N) is 3. The molecule has 2 atom stereocenters. The lowest BCUT2D eigenvalue weighted by atomic mass is 9.88. The number of anilines is 1. The van der Waals surface area contributed by atoms with E-state index in [2.05, 4.69) is 25.9 Å². The van der Waals surface area contributed by atoms with Crippen LogP contribution in [0.4, 0.5) is 18.9 Å². The van der Waals surface area contributed by atoms with Gasteiger partial charge in [-0.2, -0.15) is 23.4 Å². The Morgan fingerprint density at radius 1 is 1.10 bits per heavy atom. The van der Waals surface area contributed by atoms with Crippen molar-refractivity contribution >= 4 is 17.5 Å². The number of aromatic amines is 1. The first-order valence-electron chi connectivity index (χ1n) is 13.5. The van der Waals surface area contributed by atoms with E-state index in [1.54, 1.807) is 0 Å². The van der Waals surface area contributed by atoms with E-state index in [4.69, 9.17) is 0 Å². The smallest absolute Gasteiger partial charge is 0.384 e. The third kappa shape index (κ3) is 6.22. The highest BCUT2D eigenvalue weighted by molar-refractivity contribution is 6.01. The van der Waals surface area contributed by atoms with Crippen LogP contribution >= 0.6 is 0 Å². The summed E-state index contributed by atoms with van der Waals surface area (Å²) in [6, 6.07) is 8.01. The van der Waals surface area contributed by atoms with Crippen LogP contribution in [0.3, 0.4) is 0 Å². The Morgan fingerprint density at radius 2 is 1.75 bits per heavy atom. The SMILES string of the molecule is Cc1n[nH]c(C)c1-c1ccc(NC(=O)[C@@H](NC(=O)c2ccnn2CCC(O)C(F)(F)F)C(C2CC2)C2CC2)cc1. The maximum Gasteiger partial charge on any atom is 0.414 e. The molecule has 0 aliphatic heterocycles. The number of aryl methyl sites for hydroxylation is 3. The maximum atomic E-state index is 13.6. The molecule has 2 fully saturated rings. The second-order valence-electron chi connectivity index (χ2n) is 10.9. The fourth-order valence-electron chi connectivity index (χ4n) is 5.47. The minimum atomic E-state index is -4.76. The number of carbonyl (C=O) groups excluding carboxylic acids is 2. The van der Waals surface area contributed by atoms with Crippen LogP contribution in [-0.2, 0) is 11.3 Å². The number of halogens is 3. The number of aromatic nitrogens is 4. The zero-order valence-corrected chi connectivity index (χ0v) is 22.3. The van der Waals surface area contributed by atoms with Crippen LogP contribution in [0.1, 0.15) is 54.0 Å². The quantitative estimate of drug-likeness (QED) is 0.278. The third-order valence-electron chi connectivity index (χ3n) is 7.80. The topological polar surface area (TPSA) is 125 Å². The summed E-state index contributed by atoms with van der Waals surface area (Å²) in [5.74, 6) is -0.275. The van der Waals surface area contributed by atoms with Gasteiger partial charge >= 0.3 is 6.18 Å². The van der Waals surface area contributed by atoms with Crippen molar-refractivity contribution in [1.29, 1.82) is 0 Å². The summed E-state index contributed by atoms with van der Waals surface area (Å²) in [5, 5.41) is 26.4. The average molecular weight is 559 g/mol. The first-order chi connectivity index (χ1) is 19.0. The fraction of sp³-hybridized carbons (Fsp3) is 0.500. The summed E-state index contributed by atoms with van der Waals surface area (Å²) in [6.45, 7) is 3.56. The number of benzene rings is 1. The predicted molar refractivity (Wildman–Crippen MR) is 141 cm³/mol. The molecule has 9 nitrogen and oxygen atoms in total. The largest absolute Gasteiger partial charge is 0.414 e. The van der Waals surface area contributed by atoms with Gasteiger partial charge in [0.05, 0.1) is 5.69 Å². The van der Waals surface area contributed by atoms with Gasteiger partial charge in [0, 0.05) is 36.1 Å². The lowest BCUT2D eigenvalue weighted by Gasteiger charge is -2.27. The van der Waals surface area contributed by atoms with Gasteiger partial charge in [-0.1, -0.05) is 12.1 Å². The molecule has 0 radical (unpaired) electrons. The normalized spacial score (nSPS) is 17.1. The summed E-state index contributed by atoms with van der Waals surface area (Å²) < 4.78 is 39.4. The molecule has 2 saturated carbocycles. The van der Waals surface area contributed by atoms with Crippen molar-refractivity contribution in [1.82, 2.24) is 25.3 Å². The number of carbonyl (C=O) groups is 2. The maximum absolute atomic E-state index is 13.6. The van der Waals surface area contributed by atoms with Crippen molar-refractivity contribution in [2.75, 3.05) is 5.32 Å². The number of aliphatic hydroxyl groups is 1. The van der Waals surface area contributed by atoms with E-state index in [-0.39, 0.29) is 24.1 Å². The summed E-state index contributed by atoms with van der Waals surface area (Å²) >= 11 is 0. The van der Waals surface area contributed by atoms with Crippen LogP contribution < -0.4 is 10.6 Å². The molecule has 0 spiro atoms. The molecule has 2 aliphatic rings. The van der Waals surface area contributed by atoms with E-state index < -0.39 is 30.7 Å². The second-order valence-corrected chi connectivity index (χ2v) is 10.9. The fourth-order valence-corrected chi connectivity index (χ4v) is 5.47. The highest BCUT2D eigenvalue weighted by Crippen LogP contribution is 2.51. The Hall–Kier alpha value is -3.67. The van der Waals surface area contributed by atoms with Crippen molar-refractivity contribution in [3.8, 4) is 11.1 Å². The Balaban J connectivity index is 1.31. The number of rotatable bonds is 11. The molecule has 3 aromatic rings. The zero-order chi connectivity index (χ0) is 28.6. The number of amides is 2. The molecular formula is C28H33F3N6O3. The number of nitrogens with zero attached hydrogens (tertiary/aromatic N) is 3. The molecule has 0 bridgehead atoms. The lowest BCUT2D eigenvalue weighted by molar-refractivity contribution is -0.206. The molecule has 40 heavy (non-hydrogen) atoms. The minimum Gasteiger partial charge on any atom is -0.384 e. The van der Waals surface area contributed by atoms with Crippen LogP contribution in [0.15, 0.2) is 36.5 Å². The van der Waals surface area contributed by atoms with Crippen molar-refractivity contribution in [2.45, 2.75) is 70.8 Å². The van der Waals surface area contributed by atoms with Gasteiger partial charge in [0.25, 0.3) is 5.91 Å². The molecule has 2 amide bonds. The van der Waals surface area contributed by atoms with E-state index >= 15 is 0 Å². The third-order valence-corrected chi connectivity index (χ3v) is 7.80.